The molecule has 0 fully saturated rings. The van der Waals surface area contributed by atoms with Gasteiger partial charge in [0, 0.05) is 30.3 Å². The van der Waals surface area contributed by atoms with E-state index in [0.29, 0.717) is 24.2 Å². The van der Waals surface area contributed by atoms with Crippen LogP contribution in [0.5, 0.6) is 0 Å². The molecule has 0 aliphatic heterocycles. The third-order valence-corrected chi connectivity index (χ3v) is 3.68. The summed E-state index contributed by atoms with van der Waals surface area (Å²) >= 11 is 0. The van der Waals surface area contributed by atoms with Gasteiger partial charge in [-0.05, 0) is 31.1 Å². The summed E-state index contributed by atoms with van der Waals surface area (Å²) < 4.78 is 0. The first-order valence-corrected chi connectivity index (χ1v) is 7.69. The van der Waals surface area contributed by atoms with E-state index in [2.05, 4.69) is 24.1 Å². The molecule has 1 rings (SSSR count). The molecule has 0 saturated carbocycles. The Balaban J connectivity index is 2.75. The molecule has 0 unspecified atom stereocenters. The van der Waals surface area contributed by atoms with Gasteiger partial charge < -0.3 is 10.2 Å². The summed E-state index contributed by atoms with van der Waals surface area (Å²) in [6, 6.07) is 4.87. The lowest BCUT2D eigenvalue weighted by Gasteiger charge is -2.17. The standard InChI is InChI=1S/C16H25N3O3/c1-5-18(6-2)10-9-16(20)17-13-7-8-14(12(3)4)15(11-13)19(21)22/h7-8,11-12H,5-6,9-10H2,1-4H3,(H,17,20). The van der Waals surface area contributed by atoms with Crippen molar-refractivity contribution in [3.63, 3.8) is 0 Å². The van der Waals surface area contributed by atoms with E-state index < -0.39 is 4.92 Å². The predicted molar refractivity (Wildman–Crippen MR) is 88.2 cm³/mol. The molecule has 0 bridgehead atoms. The summed E-state index contributed by atoms with van der Waals surface area (Å²) in [5, 5.41) is 13.9. The highest BCUT2D eigenvalue weighted by Crippen LogP contribution is 2.29. The van der Waals surface area contributed by atoms with Gasteiger partial charge in [0.15, 0.2) is 0 Å². The Morgan fingerprint density at radius 3 is 2.45 bits per heavy atom. The molecule has 1 amide bonds. The molecule has 1 N–H and O–H groups in total. The lowest BCUT2D eigenvalue weighted by molar-refractivity contribution is -0.385. The van der Waals surface area contributed by atoms with Crippen LogP contribution in [0.15, 0.2) is 18.2 Å². The molecule has 0 radical (unpaired) electrons. The van der Waals surface area contributed by atoms with Crippen molar-refractivity contribution in [3.05, 3.63) is 33.9 Å². The molecular weight excluding hydrogens is 282 g/mol. The van der Waals surface area contributed by atoms with E-state index >= 15 is 0 Å². The molecule has 122 valence electrons. The SMILES string of the molecule is CCN(CC)CCC(=O)Nc1ccc(C(C)C)c([N+](=O)[O-])c1. The van der Waals surface area contributed by atoms with Crippen LogP contribution in [0.4, 0.5) is 11.4 Å². The molecule has 22 heavy (non-hydrogen) atoms. The van der Waals surface area contributed by atoms with Crippen molar-refractivity contribution in [2.24, 2.45) is 0 Å². The number of nitrogens with zero attached hydrogens (tertiary/aromatic N) is 2. The third kappa shape index (κ3) is 5.11. The van der Waals surface area contributed by atoms with Crippen molar-refractivity contribution >= 4 is 17.3 Å². The van der Waals surface area contributed by atoms with Gasteiger partial charge in [-0.25, -0.2) is 0 Å². The first-order chi connectivity index (χ1) is 10.4. The Morgan fingerprint density at radius 2 is 1.95 bits per heavy atom. The Hall–Kier alpha value is -1.95. The van der Waals surface area contributed by atoms with Crippen molar-refractivity contribution in [2.75, 3.05) is 25.0 Å². The zero-order valence-corrected chi connectivity index (χ0v) is 13.8. The van der Waals surface area contributed by atoms with Gasteiger partial charge in [0.1, 0.15) is 0 Å². The smallest absolute Gasteiger partial charge is 0.274 e. The maximum atomic E-state index is 11.9. The molecule has 1 aromatic carbocycles. The van der Waals surface area contributed by atoms with E-state index in [4.69, 9.17) is 0 Å². The highest BCUT2D eigenvalue weighted by atomic mass is 16.6. The van der Waals surface area contributed by atoms with Crippen LogP contribution < -0.4 is 5.32 Å². The normalized spacial score (nSPS) is 11.0. The maximum absolute atomic E-state index is 11.9. The van der Waals surface area contributed by atoms with E-state index in [1.165, 1.54) is 6.07 Å². The van der Waals surface area contributed by atoms with E-state index in [-0.39, 0.29) is 17.5 Å². The van der Waals surface area contributed by atoms with Crippen molar-refractivity contribution in [3.8, 4) is 0 Å². The van der Waals surface area contributed by atoms with Crippen molar-refractivity contribution in [1.82, 2.24) is 4.90 Å². The molecule has 0 saturated heterocycles. The fraction of sp³-hybridized carbons (Fsp3) is 0.562. The van der Waals surface area contributed by atoms with Crippen LogP contribution >= 0.6 is 0 Å². The number of benzene rings is 1. The predicted octanol–water partition coefficient (Wildman–Crippen LogP) is 3.39. The molecule has 0 atom stereocenters. The number of hydrogen-bond donors (Lipinski definition) is 1. The van der Waals surface area contributed by atoms with E-state index in [9.17, 15) is 14.9 Å². The van der Waals surface area contributed by atoms with E-state index in [1.807, 2.05) is 13.8 Å². The fourth-order valence-electron chi connectivity index (χ4n) is 2.29. The van der Waals surface area contributed by atoms with Gasteiger partial charge in [-0.15, -0.1) is 0 Å². The van der Waals surface area contributed by atoms with Crippen LogP contribution in [0.3, 0.4) is 0 Å². The van der Waals surface area contributed by atoms with Gasteiger partial charge in [0.2, 0.25) is 5.91 Å². The van der Waals surface area contributed by atoms with Gasteiger partial charge in [0.25, 0.3) is 5.69 Å². The Bertz CT molecular complexity index is 525. The number of nitro groups is 1. The zero-order chi connectivity index (χ0) is 16.7. The average molecular weight is 307 g/mol. The Labute approximate surface area is 131 Å². The minimum absolute atomic E-state index is 0.0524. The summed E-state index contributed by atoms with van der Waals surface area (Å²) in [5.41, 5.74) is 1.20. The molecule has 0 aliphatic rings. The molecule has 1 aromatic rings. The van der Waals surface area contributed by atoms with Gasteiger partial charge in [-0.2, -0.15) is 0 Å². The van der Waals surface area contributed by atoms with Gasteiger partial charge >= 0.3 is 0 Å². The first kappa shape index (κ1) is 18.1. The lowest BCUT2D eigenvalue weighted by atomic mass is 10.0. The first-order valence-electron chi connectivity index (χ1n) is 7.69. The number of carbonyl (C=O) groups excluding carboxylic acids is 1. The minimum Gasteiger partial charge on any atom is -0.326 e. The number of amides is 1. The zero-order valence-electron chi connectivity index (χ0n) is 13.8. The van der Waals surface area contributed by atoms with Crippen LogP contribution in [-0.2, 0) is 4.79 Å². The van der Waals surface area contributed by atoms with Crippen LogP contribution in [-0.4, -0.2) is 35.4 Å². The Kier molecular flexibility index (Phi) is 6.98. The highest BCUT2D eigenvalue weighted by Gasteiger charge is 2.17. The number of carbonyl (C=O) groups is 1. The van der Waals surface area contributed by atoms with Crippen LogP contribution in [0.2, 0.25) is 0 Å². The Morgan fingerprint density at radius 1 is 1.32 bits per heavy atom. The van der Waals surface area contributed by atoms with Crippen molar-refractivity contribution in [1.29, 1.82) is 0 Å². The van der Waals surface area contributed by atoms with Crippen LogP contribution in [0.25, 0.3) is 0 Å². The van der Waals surface area contributed by atoms with Gasteiger partial charge in [0.05, 0.1) is 4.92 Å². The molecule has 0 aromatic heterocycles. The summed E-state index contributed by atoms with van der Waals surface area (Å²) in [6.45, 7) is 10.4. The molecule has 0 heterocycles. The summed E-state index contributed by atoms with van der Waals surface area (Å²) in [7, 11) is 0. The fourth-order valence-corrected chi connectivity index (χ4v) is 2.29. The van der Waals surface area contributed by atoms with Gasteiger partial charge in [-0.1, -0.05) is 27.7 Å². The molecule has 6 nitrogen and oxygen atoms in total. The largest absolute Gasteiger partial charge is 0.326 e. The second kappa shape index (κ2) is 8.48. The number of nitro benzene ring substituents is 1. The summed E-state index contributed by atoms with van der Waals surface area (Å²) in [6.07, 6.45) is 0.376. The third-order valence-electron chi connectivity index (χ3n) is 3.68. The number of rotatable bonds is 8. The van der Waals surface area contributed by atoms with E-state index in [1.54, 1.807) is 12.1 Å². The maximum Gasteiger partial charge on any atom is 0.274 e. The topological polar surface area (TPSA) is 75.5 Å². The van der Waals surface area contributed by atoms with Gasteiger partial charge in [-0.3, -0.25) is 14.9 Å². The van der Waals surface area contributed by atoms with Crippen LogP contribution in [0.1, 0.15) is 45.6 Å². The number of hydrogen-bond acceptors (Lipinski definition) is 4. The minimum atomic E-state index is -0.402. The number of nitrogens with one attached hydrogen (secondary N) is 1. The summed E-state index contributed by atoms with van der Waals surface area (Å²) in [5.74, 6) is -0.0636. The lowest BCUT2D eigenvalue weighted by Crippen LogP contribution is -2.27. The molecule has 0 spiro atoms. The second-order valence-corrected chi connectivity index (χ2v) is 5.51. The van der Waals surface area contributed by atoms with Crippen LogP contribution in [0, 0.1) is 10.1 Å². The monoisotopic (exact) mass is 307 g/mol. The quantitative estimate of drug-likeness (QED) is 0.590. The molecule has 0 aliphatic carbocycles. The molecule has 6 heteroatoms. The average Bonchev–Trinajstić information content (AvgIpc) is 2.47. The van der Waals surface area contributed by atoms with Crippen molar-refractivity contribution in [2.45, 2.75) is 40.0 Å². The highest BCUT2D eigenvalue weighted by molar-refractivity contribution is 5.91. The second-order valence-electron chi connectivity index (χ2n) is 5.51. The van der Waals surface area contributed by atoms with Crippen molar-refractivity contribution < 1.29 is 9.72 Å². The number of anilines is 1. The summed E-state index contributed by atoms with van der Waals surface area (Å²) in [4.78, 5) is 24.8. The molecular formula is C16H25N3O3. The van der Waals surface area contributed by atoms with E-state index in [0.717, 1.165) is 13.1 Å².